The highest BCUT2D eigenvalue weighted by Gasteiger charge is 2.25. The molecule has 0 N–H and O–H groups in total. The average molecular weight is 352 g/mol. The molecule has 3 rings (SSSR count). The van der Waals surface area contributed by atoms with E-state index in [0.29, 0.717) is 0 Å². The molecular weight excluding hydrogens is 340 g/mol. The molecule has 130 valence electrons. The number of nitrogens with zero attached hydrogens (tertiary/aromatic N) is 2. The Balaban J connectivity index is 1.75. The molecule has 1 heterocycles. The van der Waals surface area contributed by atoms with Gasteiger partial charge in [0.1, 0.15) is 6.61 Å². The smallest absolute Gasteiger partial charge is 0.338 e. The predicted molar refractivity (Wildman–Crippen MR) is 90.3 cm³/mol. The van der Waals surface area contributed by atoms with Crippen LogP contribution in [-0.4, -0.2) is 22.7 Å². The molecule has 2 aromatic rings. The topological polar surface area (TPSA) is 107 Å². The second-order valence-electron chi connectivity index (χ2n) is 5.36. The Morgan fingerprint density at radius 3 is 2.42 bits per heavy atom. The van der Waals surface area contributed by atoms with Gasteiger partial charge in [-0.3, -0.25) is 19.7 Å². The number of para-hydroxylation sites is 1. The maximum atomic E-state index is 12.2. The summed E-state index contributed by atoms with van der Waals surface area (Å²) in [6, 6.07) is 11.8. The summed E-state index contributed by atoms with van der Waals surface area (Å²) in [4.78, 5) is 47.0. The molecule has 0 radical (unpaired) electrons. The van der Waals surface area contributed by atoms with Gasteiger partial charge in [-0.2, -0.15) is 0 Å². The lowest BCUT2D eigenvalue weighted by atomic mass is 10.2. The van der Waals surface area contributed by atoms with Crippen LogP contribution in [0, 0.1) is 10.1 Å². The number of carbonyl (C=O) groups excluding carboxylic acids is 3. The number of benzene rings is 2. The van der Waals surface area contributed by atoms with E-state index in [-0.39, 0.29) is 29.1 Å². The number of hydrogen-bond acceptors (Lipinski definition) is 6. The molecular formula is C18H12N2O6. The number of nitro benzene ring substituents is 1. The number of esters is 1. The number of imide groups is 1. The second kappa shape index (κ2) is 6.98. The lowest BCUT2D eigenvalue weighted by Gasteiger charge is -2.14. The van der Waals surface area contributed by atoms with Crippen LogP contribution in [0.15, 0.2) is 60.7 Å². The van der Waals surface area contributed by atoms with E-state index in [9.17, 15) is 24.5 Å². The highest BCUT2D eigenvalue weighted by molar-refractivity contribution is 6.28. The Kier molecular flexibility index (Phi) is 4.57. The molecule has 0 spiro atoms. The summed E-state index contributed by atoms with van der Waals surface area (Å²) in [6.07, 6.45) is 2.28. The summed E-state index contributed by atoms with van der Waals surface area (Å²) < 4.78 is 5.13. The van der Waals surface area contributed by atoms with Gasteiger partial charge in [0, 0.05) is 18.2 Å². The van der Waals surface area contributed by atoms with Crippen molar-refractivity contribution in [2.75, 3.05) is 4.90 Å². The summed E-state index contributed by atoms with van der Waals surface area (Å²) >= 11 is 0. The Bertz CT molecular complexity index is 932. The molecule has 8 nitrogen and oxygen atoms in total. The third kappa shape index (κ3) is 3.34. The Hall–Kier alpha value is -3.81. The third-order valence-corrected chi connectivity index (χ3v) is 3.70. The van der Waals surface area contributed by atoms with Gasteiger partial charge in [-0.1, -0.05) is 18.2 Å². The van der Waals surface area contributed by atoms with Crippen LogP contribution in [0.1, 0.15) is 15.9 Å². The van der Waals surface area contributed by atoms with Crippen LogP contribution in [0.5, 0.6) is 0 Å². The van der Waals surface area contributed by atoms with Crippen molar-refractivity contribution in [3.05, 3.63) is 81.9 Å². The molecule has 0 saturated heterocycles. The summed E-state index contributed by atoms with van der Waals surface area (Å²) in [5.74, 6) is -1.72. The van der Waals surface area contributed by atoms with E-state index in [1.54, 1.807) is 6.07 Å². The number of hydrogen-bond donors (Lipinski definition) is 0. The first-order valence-corrected chi connectivity index (χ1v) is 7.53. The summed E-state index contributed by atoms with van der Waals surface area (Å²) in [6.45, 7) is -0.274. The van der Waals surface area contributed by atoms with E-state index in [1.165, 1.54) is 42.5 Å². The van der Waals surface area contributed by atoms with Gasteiger partial charge in [0.05, 0.1) is 21.7 Å². The van der Waals surface area contributed by atoms with Gasteiger partial charge < -0.3 is 4.74 Å². The van der Waals surface area contributed by atoms with E-state index in [1.807, 2.05) is 0 Å². The summed E-state index contributed by atoms with van der Waals surface area (Å²) in [5.41, 5.74) is 0.475. The minimum absolute atomic E-state index is 0.119. The van der Waals surface area contributed by atoms with Crippen molar-refractivity contribution >= 4 is 29.2 Å². The molecule has 0 bridgehead atoms. The molecule has 0 fully saturated rings. The Morgan fingerprint density at radius 2 is 1.73 bits per heavy atom. The lowest BCUT2D eigenvalue weighted by molar-refractivity contribution is -0.385. The van der Waals surface area contributed by atoms with E-state index >= 15 is 0 Å². The van der Waals surface area contributed by atoms with E-state index in [2.05, 4.69) is 0 Å². The molecule has 26 heavy (non-hydrogen) atoms. The number of ether oxygens (including phenoxy) is 1. The Morgan fingerprint density at radius 1 is 1.04 bits per heavy atom. The van der Waals surface area contributed by atoms with Gasteiger partial charge in [-0.05, 0) is 24.3 Å². The number of nitro groups is 1. The number of rotatable bonds is 5. The normalized spacial score (nSPS) is 13.2. The van der Waals surface area contributed by atoms with E-state index in [0.717, 1.165) is 17.1 Å². The summed E-state index contributed by atoms with van der Waals surface area (Å²) in [5, 5.41) is 11.0. The van der Waals surface area contributed by atoms with Gasteiger partial charge in [-0.25, -0.2) is 9.69 Å². The zero-order valence-corrected chi connectivity index (χ0v) is 13.3. The lowest BCUT2D eigenvalue weighted by Crippen LogP contribution is -2.29. The number of amides is 2. The van der Waals surface area contributed by atoms with E-state index < -0.39 is 22.7 Å². The number of anilines is 1. The fourth-order valence-electron chi connectivity index (χ4n) is 2.46. The van der Waals surface area contributed by atoms with Crippen LogP contribution in [0.25, 0.3) is 0 Å². The minimum atomic E-state index is -0.725. The van der Waals surface area contributed by atoms with Gasteiger partial charge in [0.25, 0.3) is 17.5 Å². The van der Waals surface area contributed by atoms with Gasteiger partial charge in [-0.15, -0.1) is 0 Å². The highest BCUT2D eigenvalue weighted by atomic mass is 16.6. The molecule has 0 aromatic heterocycles. The third-order valence-electron chi connectivity index (χ3n) is 3.70. The zero-order chi connectivity index (χ0) is 18.7. The van der Waals surface area contributed by atoms with Crippen molar-refractivity contribution in [2.45, 2.75) is 6.61 Å². The van der Waals surface area contributed by atoms with Crippen molar-refractivity contribution in [3.8, 4) is 0 Å². The zero-order valence-electron chi connectivity index (χ0n) is 13.3. The van der Waals surface area contributed by atoms with Crippen molar-refractivity contribution in [1.82, 2.24) is 0 Å². The van der Waals surface area contributed by atoms with Crippen LogP contribution in [0.3, 0.4) is 0 Å². The predicted octanol–water partition coefficient (Wildman–Crippen LogP) is 2.38. The highest BCUT2D eigenvalue weighted by Crippen LogP contribution is 2.22. The maximum Gasteiger partial charge on any atom is 0.338 e. The molecule has 0 atom stereocenters. The van der Waals surface area contributed by atoms with Crippen molar-refractivity contribution < 1.29 is 24.0 Å². The first kappa shape index (κ1) is 17.0. The summed E-state index contributed by atoms with van der Waals surface area (Å²) in [7, 11) is 0. The molecule has 0 aliphatic carbocycles. The van der Waals surface area contributed by atoms with Crippen LogP contribution < -0.4 is 4.90 Å². The SMILES string of the molecule is O=C(OCc1ccccc1[N+](=O)[O-])c1cccc(N2C(=O)C=CC2=O)c1. The van der Waals surface area contributed by atoms with Crippen molar-refractivity contribution in [3.63, 3.8) is 0 Å². The fourth-order valence-corrected chi connectivity index (χ4v) is 2.46. The molecule has 1 aliphatic rings. The number of carbonyl (C=O) groups is 3. The fraction of sp³-hybridized carbons (Fsp3) is 0.0556. The molecule has 8 heteroatoms. The minimum Gasteiger partial charge on any atom is -0.457 e. The molecule has 2 aromatic carbocycles. The molecule has 0 saturated carbocycles. The van der Waals surface area contributed by atoms with Crippen LogP contribution >= 0.6 is 0 Å². The maximum absolute atomic E-state index is 12.2. The van der Waals surface area contributed by atoms with E-state index in [4.69, 9.17) is 4.74 Å². The van der Waals surface area contributed by atoms with Crippen LogP contribution in [0.2, 0.25) is 0 Å². The second-order valence-corrected chi connectivity index (χ2v) is 5.36. The first-order valence-electron chi connectivity index (χ1n) is 7.53. The van der Waals surface area contributed by atoms with Crippen molar-refractivity contribution in [2.24, 2.45) is 0 Å². The van der Waals surface area contributed by atoms with Crippen LogP contribution in [0.4, 0.5) is 11.4 Å². The quantitative estimate of drug-likeness (QED) is 0.354. The monoisotopic (exact) mass is 352 g/mol. The van der Waals surface area contributed by atoms with Crippen molar-refractivity contribution in [1.29, 1.82) is 0 Å². The average Bonchev–Trinajstić information content (AvgIpc) is 2.98. The first-order chi connectivity index (χ1) is 12.5. The van der Waals surface area contributed by atoms with Gasteiger partial charge in [0.15, 0.2) is 0 Å². The molecule has 2 amide bonds. The Labute approximate surface area is 147 Å². The standard InChI is InChI=1S/C18H12N2O6/c21-16-8-9-17(22)19(16)14-6-3-5-12(10-14)18(23)26-11-13-4-1-2-7-15(13)20(24)25/h1-10H,11H2. The van der Waals surface area contributed by atoms with Gasteiger partial charge in [0.2, 0.25) is 0 Å². The largest absolute Gasteiger partial charge is 0.457 e. The van der Waals surface area contributed by atoms with Crippen LogP contribution in [-0.2, 0) is 20.9 Å². The molecule has 0 unspecified atom stereocenters. The van der Waals surface area contributed by atoms with Gasteiger partial charge >= 0.3 is 5.97 Å². The molecule has 1 aliphatic heterocycles.